The lowest BCUT2D eigenvalue weighted by Gasteiger charge is -2.34. The molecule has 5 nitrogen and oxygen atoms in total. The monoisotopic (exact) mass is 503 g/mol. The van der Waals surface area contributed by atoms with Crippen LogP contribution in [0.5, 0.6) is 11.5 Å². The van der Waals surface area contributed by atoms with Crippen molar-refractivity contribution in [2.24, 2.45) is 0 Å². The number of carbonyl (C=O) groups is 1. The van der Waals surface area contributed by atoms with E-state index in [4.69, 9.17) is 14.6 Å². The minimum Gasteiger partial charge on any atom is -0.497 e. The summed E-state index contributed by atoms with van der Waals surface area (Å²) in [4.78, 5) is 12.0. The lowest BCUT2D eigenvalue weighted by Crippen LogP contribution is -2.33. The molecule has 2 aliphatic rings. The molecule has 188 valence electrons. The Kier molecular flexibility index (Phi) is 6.89. The molecule has 1 saturated carbocycles. The van der Waals surface area contributed by atoms with Crippen molar-refractivity contribution < 1.29 is 19.4 Å². The summed E-state index contributed by atoms with van der Waals surface area (Å²) in [5.41, 5.74) is 7.74. The number of carboxylic acids is 1. The molecule has 1 aliphatic carbocycles. The number of ether oxygens (including phenoxy) is 2. The summed E-state index contributed by atoms with van der Waals surface area (Å²) in [5.74, 6) is 0.522. The lowest BCUT2D eigenvalue weighted by atomic mass is 9.70. The van der Waals surface area contributed by atoms with E-state index >= 15 is 0 Å². The second kappa shape index (κ2) is 10.1. The average Bonchev–Trinajstić information content (AvgIpc) is 3.16. The van der Waals surface area contributed by atoms with E-state index in [2.05, 4.69) is 41.6 Å². The van der Waals surface area contributed by atoms with Gasteiger partial charge in [-0.3, -0.25) is 0 Å². The van der Waals surface area contributed by atoms with Gasteiger partial charge in [0.05, 0.1) is 12.8 Å². The number of anilines is 1. The summed E-state index contributed by atoms with van der Waals surface area (Å²) in [7, 11) is 1.70. The van der Waals surface area contributed by atoms with Crippen molar-refractivity contribution in [2.75, 3.05) is 24.6 Å². The number of aliphatic carboxylic acids is 1. The van der Waals surface area contributed by atoms with Crippen LogP contribution in [0, 0.1) is 13.8 Å². The normalized spacial score (nSPS) is 16.1. The maximum atomic E-state index is 10.9. The Balaban J connectivity index is 1.48. The van der Waals surface area contributed by atoms with Gasteiger partial charge in [-0.15, -0.1) is 0 Å². The second-order valence-corrected chi connectivity index (χ2v) is 11.1. The molecule has 1 N–H and O–H groups in total. The average molecular weight is 504 g/mol. The molecule has 0 aromatic heterocycles. The first-order valence-corrected chi connectivity index (χ1v) is 13.4. The van der Waals surface area contributed by atoms with Gasteiger partial charge < -0.3 is 18.9 Å². The van der Waals surface area contributed by atoms with E-state index in [9.17, 15) is 4.79 Å². The van der Waals surface area contributed by atoms with E-state index < -0.39 is 5.97 Å². The van der Waals surface area contributed by atoms with Gasteiger partial charge in [0.2, 0.25) is 0 Å². The van der Waals surface area contributed by atoms with Gasteiger partial charge in [0.25, 0.3) is 0 Å². The van der Waals surface area contributed by atoms with Crippen LogP contribution in [0.3, 0.4) is 0 Å². The molecule has 0 unspecified atom stereocenters. The first-order chi connectivity index (χ1) is 17.4. The Morgan fingerprint density at radius 1 is 0.972 bits per heavy atom. The molecule has 6 heteroatoms. The van der Waals surface area contributed by atoms with Gasteiger partial charge in [0, 0.05) is 16.9 Å². The SMILES string of the molecule is COc1ccc(-c2cc(C)c3c(c2)C2(CCCCC2)CN3Sc2ccc(OCC(=O)O)c(C)c2)cc1. The molecule has 3 aromatic rings. The highest BCUT2D eigenvalue weighted by Gasteiger charge is 2.44. The number of benzene rings is 3. The maximum Gasteiger partial charge on any atom is 0.341 e. The van der Waals surface area contributed by atoms with Gasteiger partial charge >= 0.3 is 5.97 Å². The van der Waals surface area contributed by atoms with E-state index in [-0.39, 0.29) is 12.0 Å². The molecular weight excluding hydrogens is 470 g/mol. The number of nitrogens with zero attached hydrogens (tertiary/aromatic N) is 1. The van der Waals surface area contributed by atoms with Crippen LogP contribution in [0.2, 0.25) is 0 Å². The minimum atomic E-state index is -0.969. The van der Waals surface area contributed by atoms with Crippen LogP contribution in [0.4, 0.5) is 5.69 Å². The molecule has 5 rings (SSSR count). The second-order valence-electron chi connectivity index (χ2n) is 10.00. The summed E-state index contributed by atoms with van der Waals surface area (Å²) < 4.78 is 13.3. The van der Waals surface area contributed by atoms with E-state index in [1.54, 1.807) is 19.1 Å². The van der Waals surface area contributed by atoms with E-state index in [0.29, 0.717) is 5.75 Å². The van der Waals surface area contributed by atoms with Crippen LogP contribution >= 0.6 is 11.9 Å². The zero-order valence-corrected chi connectivity index (χ0v) is 22.0. The number of carboxylic acid groups (broad SMARTS) is 1. The van der Waals surface area contributed by atoms with E-state index in [0.717, 1.165) is 22.8 Å². The van der Waals surface area contributed by atoms with E-state index in [1.165, 1.54) is 60.0 Å². The Morgan fingerprint density at radius 3 is 2.39 bits per heavy atom. The molecule has 3 aromatic carbocycles. The Morgan fingerprint density at radius 2 is 1.72 bits per heavy atom. The lowest BCUT2D eigenvalue weighted by molar-refractivity contribution is -0.139. The maximum absolute atomic E-state index is 10.9. The summed E-state index contributed by atoms with van der Waals surface area (Å²) in [6.45, 7) is 4.88. The Hall–Kier alpha value is -3.12. The van der Waals surface area contributed by atoms with Crippen LogP contribution in [-0.2, 0) is 10.2 Å². The van der Waals surface area contributed by atoms with Gasteiger partial charge in [-0.2, -0.15) is 0 Å². The van der Waals surface area contributed by atoms with Gasteiger partial charge in [0.15, 0.2) is 6.61 Å². The zero-order valence-electron chi connectivity index (χ0n) is 21.2. The largest absolute Gasteiger partial charge is 0.497 e. The molecule has 0 atom stereocenters. The molecule has 0 saturated heterocycles. The summed E-state index contributed by atoms with van der Waals surface area (Å²) >= 11 is 1.77. The standard InChI is InChI=1S/C30H33NO4S/c1-20-16-25(11-12-27(20)35-18-28(32)33)36-31-19-30(13-5-4-6-14-30)26-17-23(15-21(2)29(26)31)22-7-9-24(34-3)10-8-22/h7-12,15-17H,4-6,13-14,18-19H2,1-3H3,(H,32,33). The molecule has 36 heavy (non-hydrogen) atoms. The van der Waals surface area contributed by atoms with Crippen molar-refractivity contribution in [1.29, 1.82) is 0 Å². The number of hydrogen-bond donors (Lipinski definition) is 1. The van der Waals surface area contributed by atoms with Gasteiger partial charge in [-0.1, -0.05) is 31.4 Å². The predicted molar refractivity (Wildman–Crippen MR) is 145 cm³/mol. The van der Waals surface area contributed by atoms with Crippen molar-refractivity contribution in [2.45, 2.75) is 56.3 Å². The van der Waals surface area contributed by atoms with Gasteiger partial charge in [-0.25, -0.2) is 4.79 Å². The first-order valence-electron chi connectivity index (χ1n) is 12.6. The summed E-state index contributed by atoms with van der Waals surface area (Å²) in [6, 6.07) is 19.1. The topological polar surface area (TPSA) is 59.0 Å². The number of aryl methyl sites for hydroxylation is 2. The fourth-order valence-electron chi connectivity index (χ4n) is 5.75. The Bertz CT molecular complexity index is 1260. The van der Waals surface area contributed by atoms with Crippen LogP contribution < -0.4 is 13.8 Å². The third kappa shape index (κ3) is 4.79. The highest BCUT2D eigenvalue weighted by atomic mass is 32.2. The molecular formula is C30H33NO4S. The van der Waals surface area contributed by atoms with E-state index in [1.807, 2.05) is 31.2 Å². The molecule has 1 fully saturated rings. The Labute approximate surface area is 217 Å². The highest BCUT2D eigenvalue weighted by Crippen LogP contribution is 2.54. The van der Waals surface area contributed by atoms with Crippen molar-refractivity contribution in [3.63, 3.8) is 0 Å². The van der Waals surface area contributed by atoms with Crippen molar-refractivity contribution >= 4 is 23.6 Å². The molecule has 1 spiro atoms. The fourth-order valence-corrected chi connectivity index (χ4v) is 7.00. The van der Waals surface area contributed by atoms with Gasteiger partial charge in [-0.05, 0) is 109 Å². The van der Waals surface area contributed by atoms with Crippen molar-refractivity contribution in [1.82, 2.24) is 0 Å². The molecule has 1 heterocycles. The van der Waals surface area contributed by atoms with Crippen LogP contribution in [0.15, 0.2) is 59.5 Å². The molecule has 0 amide bonds. The highest BCUT2D eigenvalue weighted by molar-refractivity contribution is 8.00. The number of hydrogen-bond acceptors (Lipinski definition) is 5. The summed E-state index contributed by atoms with van der Waals surface area (Å²) in [6.07, 6.45) is 6.32. The van der Waals surface area contributed by atoms with Crippen molar-refractivity contribution in [3.8, 4) is 22.6 Å². The third-order valence-electron chi connectivity index (χ3n) is 7.51. The molecule has 0 radical (unpaired) electrons. The third-order valence-corrected chi connectivity index (χ3v) is 8.51. The molecule has 1 aliphatic heterocycles. The van der Waals surface area contributed by atoms with Crippen LogP contribution in [-0.4, -0.2) is 31.3 Å². The zero-order chi connectivity index (χ0) is 25.3. The minimum absolute atomic E-state index is 0.188. The molecule has 0 bridgehead atoms. The number of rotatable bonds is 7. The first kappa shape index (κ1) is 24.6. The van der Waals surface area contributed by atoms with Crippen molar-refractivity contribution in [3.05, 3.63) is 71.3 Å². The van der Waals surface area contributed by atoms with Crippen LogP contribution in [0.1, 0.15) is 48.8 Å². The smallest absolute Gasteiger partial charge is 0.341 e. The number of fused-ring (bicyclic) bond motifs is 2. The quantitative estimate of drug-likeness (QED) is 0.345. The predicted octanol–water partition coefficient (Wildman–Crippen LogP) is 7.17. The van der Waals surface area contributed by atoms with Gasteiger partial charge in [0.1, 0.15) is 11.5 Å². The van der Waals surface area contributed by atoms with Crippen LogP contribution in [0.25, 0.3) is 11.1 Å². The number of methoxy groups -OCH3 is 1. The fraction of sp³-hybridized carbons (Fsp3) is 0.367. The summed E-state index contributed by atoms with van der Waals surface area (Å²) in [5, 5.41) is 8.92.